The van der Waals surface area contributed by atoms with Gasteiger partial charge in [-0.2, -0.15) is 5.10 Å². The van der Waals surface area contributed by atoms with E-state index in [9.17, 15) is 4.79 Å². The Morgan fingerprint density at radius 1 is 1.50 bits per heavy atom. The second-order valence-electron chi connectivity index (χ2n) is 3.78. The topological polar surface area (TPSA) is 50.7 Å². The molecule has 0 bridgehead atoms. The van der Waals surface area contributed by atoms with Crippen LogP contribution in [0.2, 0.25) is 0 Å². The predicted molar refractivity (Wildman–Crippen MR) is 55.5 cm³/mol. The van der Waals surface area contributed by atoms with Gasteiger partial charge in [0.1, 0.15) is 0 Å². The van der Waals surface area contributed by atoms with Crippen LogP contribution in [0.15, 0.2) is 17.1 Å². The molecule has 2 aromatic rings. The zero-order valence-corrected chi connectivity index (χ0v) is 8.53. The van der Waals surface area contributed by atoms with Crippen molar-refractivity contribution in [2.75, 3.05) is 0 Å². The molecule has 0 fully saturated rings. The number of aromatic amines is 1. The van der Waals surface area contributed by atoms with E-state index in [1.54, 1.807) is 6.07 Å². The maximum absolute atomic E-state index is 11.2. The van der Waals surface area contributed by atoms with Crippen LogP contribution in [0, 0.1) is 6.92 Å². The molecule has 2 rings (SSSR count). The molecule has 0 amide bonds. The monoisotopic (exact) mass is 191 g/mol. The maximum Gasteiger partial charge on any atom is 0.249 e. The van der Waals surface area contributed by atoms with Gasteiger partial charge in [-0.25, -0.2) is 0 Å². The molecule has 0 saturated heterocycles. The van der Waals surface area contributed by atoms with Gasteiger partial charge in [0.05, 0.1) is 0 Å². The Morgan fingerprint density at radius 3 is 2.86 bits per heavy atom. The van der Waals surface area contributed by atoms with Crippen molar-refractivity contribution in [3.05, 3.63) is 28.2 Å². The van der Waals surface area contributed by atoms with E-state index in [1.165, 1.54) is 0 Å². The van der Waals surface area contributed by atoms with Crippen molar-refractivity contribution in [3.8, 4) is 0 Å². The second-order valence-corrected chi connectivity index (χ2v) is 3.78. The first-order valence-electron chi connectivity index (χ1n) is 4.66. The fraction of sp³-hybridized carbons (Fsp3) is 0.400. The summed E-state index contributed by atoms with van der Waals surface area (Å²) in [6, 6.07) is 1.90. The molecule has 2 heterocycles. The van der Waals surface area contributed by atoms with Gasteiger partial charge in [-0.05, 0) is 26.3 Å². The summed E-state index contributed by atoms with van der Waals surface area (Å²) in [4.78, 5) is 13.9. The van der Waals surface area contributed by atoms with Gasteiger partial charge in [0.25, 0.3) is 0 Å². The van der Waals surface area contributed by atoms with Gasteiger partial charge < -0.3 is 4.98 Å². The molecule has 0 aliphatic carbocycles. The molecule has 0 atom stereocenters. The van der Waals surface area contributed by atoms with Gasteiger partial charge in [0, 0.05) is 23.7 Å². The molecule has 0 saturated carbocycles. The van der Waals surface area contributed by atoms with Crippen LogP contribution >= 0.6 is 0 Å². The van der Waals surface area contributed by atoms with Crippen molar-refractivity contribution in [2.45, 2.75) is 26.8 Å². The number of H-pyrrole nitrogens is 1. The van der Waals surface area contributed by atoms with Crippen LogP contribution in [0.1, 0.15) is 25.5 Å². The SMILES string of the molecule is Cc1cc(=O)[nH]c2nn(C(C)C)cc12. The first kappa shape index (κ1) is 8.99. The molecule has 0 unspecified atom stereocenters. The Hall–Kier alpha value is -1.58. The predicted octanol–water partition coefficient (Wildman–Crippen LogP) is 1.61. The lowest BCUT2D eigenvalue weighted by molar-refractivity contribution is 0.536. The molecule has 14 heavy (non-hydrogen) atoms. The summed E-state index contributed by atoms with van der Waals surface area (Å²) in [6.45, 7) is 6.03. The minimum Gasteiger partial charge on any atom is -0.305 e. The molecule has 0 radical (unpaired) electrons. The number of nitrogens with one attached hydrogen (secondary N) is 1. The van der Waals surface area contributed by atoms with E-state index in [-0.39, 0.29) is 5.56 Å². The molecule has 2 aromatic heterocycles. The highest BCUT2D eigenvalue weighted by molar-refractivity contribution is 5.77. The average molecular weight is 191 g/mol. The first-order valence-corrected chi connectivity index (χ1v) is 4.66. The van der Waals surface area contributed by atoms with Crippen LogP contribution in [0.4, 0.5) is 0 Å². The Bertz CT molecular complexity index is 522. The van der Waals surface area contributed by atoms with E-state index in [0.717, 1.165) is 10.9 Å². The number of hydrogen-bond acceptors (Lipinski definition) is 2. The van der Waals surface area contributed by atoms with Gasteiger partial charge in [0.15, 0.2) is 5.65 Å². The number of hydrogen-bond donors (Lipinski definition) is 1. The van der Waals surface area contributed by atoms with Gasteiger partial charge in [-0.3, -0.25) is 9.48 Å². The van der Waals surface area contributed by atoms with Gasteiger partial charge in [-0.15, -0.1) is 0 Å². The summed E-state index contributed by atoms with van der Waals surface area (Å²) in [5.74, 6) is 0. The second kappa shape index (κ2) is 2.97. The number of pyridine rings is 1. The molecular formula is C10H13N3O. The summed E-state index contributed by atoms with van der Waals surface area (Å²) in [7, 11) is 0. The van der Waals surface area contributed by atoms with Crippen molar-refractivity contribution >= 4 is 11.0 Å². The van der Waals surface area contributed by atoms with Crippen molar-refractivity contribution in [1.29, 1.82) is 0 Å². The van der Waals surface area contributed by atoms with E-state index >= 15 is 0 Å². The third-order valence-electron chi connectivity index (χ3n) is 2.28. The largest absolute Gasteiger partial charge is 0.305 e. The van der Waals surface area contributed by atoms with Gasteiger partial charge in [0.2, 0.25) is 5.56 Å². The lowest BCUT2D eigenvalue weighted by Crippen LogP contribution is -2.05. The highest BCUT2D eigenvalue weighted by Gasteiger charge is 2.06. The smallest absolute Gasteiger partial charge is 0.249 e. The molecule has 0 aliphatic heterocycles. The molecule has 4 nitrogen and oxygen atoms in total. The van der Waals surface area contributed by atoms with E-state index in [4.69, 9.17) is 0 Å². The van der Waals surface area contributed by atoms with Gasteiger partial charge >= 0.3 is 0 Å². The van der Waals surface area contributed by atoms with Crippen LogP contribution in [0.3, 0.4) is 0 Å². The fourth-order valence-corrected chi connectivity index (χ4v) is 1.46. The number of rotatable bonds is 1. The van der Waals surface area contributed by atoms with Gasteiger partial charge in [-0.1, -0.05) is 0 Å². The molecule has 0 aliphatic rings. The normalized spacial score (nSPS) is 11.4. The van der Waals surface area contributed by atoms with Crippen molar-refractivity contribution in [3.63, 3.8) is 0 Å². The summed E-state index contributed by atoms with van der Waals surface area (Å²) < 4.78 is 1.85. The molecular weight excluding hydrogens is 178 g/mol. The lowest BCUT2D eigenvalue weighted by atomic mass is 10.2. The Labute approximate surface area is 81.6 Å². The summed E-state index contributed by atoms with van der Waals surface area (Å²) in [5.41, 5.74) is 1.54. The van der Waals surface area contributed by atoms with Crippen molar-refractivity contribution in [1.82, 2.24) is 14.8 Å². The first-order chi connectivity index (χ1) is 6.58. The van der Waals surface area contributed by atoms with Crippen LogP contribution in [0.5, 0.6) is 0 Å². The highest BCUT2D eigenvalue weighted by atomic mass is 16.1. The molecule has 0 spiro atoms. The van der Waals surface area contributed by atoms with E-state index in [2.05, 4.69) is 23.9 Å². The van der Waals surface area contributed by atoms with Crippen LogP contribution in [-0.4, -0.2) is 14.8 Å². The summed E-state index contributed by atoms with van der Waals surface area (Å²) in [5, 5.41) is 5.31. The lowest BCUT2D eigenvalue weighted by Gasteiger charge is -2.01. The van der Waals surface area contributed by atoms with Crippen LogP contribution in [0.25, 0.3) is 11.0 Å². The van der Waals surface area contributed by atoms with Crippen molar-refractivity contribution in [2.24, 2.45) is 0 Å². The molecule has 4 heteroatoms. The standard InChI is InChI=1S/C10H13N3O/c1-6(2)13-5-8-7(3)4-9(14)11-10(8)12-13/h4-6H,1-3H3,(H,11,12,14). The Balaban J connectivity index is 2.77. The number of aryl methyl sites for hydroxylation is 1. The van der Waals surface area contributed by atoms with E-state index < -0.39 is 0 Å². The fourth-order valence-electron chi connectivity index (χ4n) is 1.46. The third-order valence-corrected chi connectivity index (χ3v) is 2.28. The number of aromatic nitrogens is 3. The van der Waals surface area contributed by atoms with Crippen LogP contribution in [-0.2, 0) is 0 Å². The quantitative estimate of drug-likeness (QED) is 0.744. The molecule has 74 valence electrons. The van der Waals surface area contributed by atoms with Crippen LogP contribution < -0.4 is 5.56 Å². The summed E-state index contributed by atoms with van der Waals surface area (Å²) >= 11 is 0. The zero-order valence-electron chi connectivity index (χ0n) is 8.53. The maximum atomic E-state index is 11.2. The average Bonchev–Trinajstić information content (AvgIpc) is 2.47. The number of fused-ring (bicyclic) bond motifs is 1. The summed E-state index contributed by atoms with van der Waals surface area (Å²) in [6.07, 6.45) is 1.96. The van der Waals surface area contributed by atoms with E-state index in [0.29, 0.717) is 11.7 Å². The minimum atomic E-state index is -0.0935. The Kier molecular flexibility index (Phi) is 1.91. The van der Waals surface area contributed by atoms with Crippen molar-refractivity contribution < 1.29 is 0 Å². The molecule has 0 aromatic carbocycles. The van der Waals surface area contributed by atoms with E-state index in [1.807, 2.05) is 17.8 Å². The Morgan fingerprint density at radius 2 is 2.21 bits per heavy atom. The molecule has 1 N–H and O–H groups in total. The minimum absolute atomic E-state index is 0.0935. The highest BCUT2D eigenvalue weighted by Crippen LogP contribution is 2.14. The zero-order chi connectivity index (χ0) is 10.3. The number of nitrogens with zero attached hydrogens (tertiary/aromatic N) is 2. The third kappa shape index (κ3) is 1.32.